The van der Waals surface area contributed by atoms with E-state index in [2.05, 4.69) is 16.4 Å². The largest absolute Gasteiger partial charge is 0.474 e. The number of hydrogen-bond acceptors (Lipinski definition) is 3. The van der Waals surface area contributed by atoms with E-state index < -0.39 is 0 Å². The second-order valence-corrected chi connectivity index (χ2v) is 5.45. The number of nitrogens with one attached hydrogen (secondary N) is 1. The van der Waals surface area contributed by atoms with Crippen molar-refractivity contribution in [3.63, 3.8) is 0 Å². The summed E-state index contributed by atoms with van der Waals surface area (Å²) in [7, 11) is 0. The summed E-state index contributed by atoms with van der Waals surface area (Å²) in [5.41, 5.74) is 1.34. The molecule has 0 spiro atoms. The van der Waals surface area contributed by atoms with E-state index in [0.717, 1.165) is 31.8 Å². The summed E-state index contributed by atoms with van der Waals surface area (Å²) in [4.78, 5) is 4.47. The minimum Gasteiger partial charge on any atom is -0.474 e. The first kappa shape index (κ1) is 12.0. The minimum absolute atomic E-state index is 0.348. The molecular weight excluding hydrogens is 224 g/mol. The molecule has 0 unspecified atom stereocenters. The second kappa shape index (κ2) is 5.70. The lowest BCUT2D eigenvalue weighted by atomic mass is 9.99. The fraction of sp³-hybridized carbons (Fsp3) is 0.667. The first-order valence-electron chi connectivity index (χ1n) is 7.26. The molecule has 2 aliphatic rings. The smallest absolute Gasteiger partial charge is 0.217 e. The van der Waals surface area contributed by atoms with Gasteiger partial charge in [0.15, 0.2) is 0 Å². The van der Waals surface area contributed by atoms with Crippen molar-refractivity contribution in [2.75, 3.05) is 13.1 Å². The lowest BCUT2D eigenvalue weighted by Gasteiger charge is -2.25. The summed E-state index contributed by atoms with van der Waals surface area (Å²) in [5.74, 6) is 1.58. The van der Waals surface area contributed by atoms with Crippen LogP contribution in [0.4, 0.5) is 0 Å². The van der Waals surface area contributed by atoms with Crippen LogP contribution >= 0.6 is 0 Å². The number of ether oxygens (including phenoxy) is 1. The quantitative estimate of drug-likeness (QED) is 0.890. The Labute approximate surface area is 109 Å². The van der Waals surface area contributed by atoms with Crippen LogP contribution in [0.3, 0.4) is 0 Å². The van der Waals surface area contributed by atoms with Gasteiger partial charge >= 0.3 is 0 Å². The molecule has 1 saturated heterocycles. The number of rotatable bonds is 3. The summed E-state index contributed by atoms with van der Waals surface area (Å²) in [6.07, 6.45) is 9.71. The van der Waals surface area contributed by atoms with Crippen molar-refractivity contribution >= 4 is 0 Å². The molecular formula is C15H22N2O. The van der Waals surface area contributed by atoms with Crippen molar-refractivity contribution in [1.82, 2.24) is 10.3 Å². The highest BCUT2D eigenvalue weighted by molar-refractivity contribution is 5.30. The highest BCUT2D eigenvalue weighted by atomic mass is 16.5. The van der Waals surface area contributed by atoms with Crippen LogP contribution in [0.2, 0.25) is 0 Å². The first-order chi connectivity index (χ1) is 8.93. The topological polar surface area (TPSA) is 34.1 Å². The van der Waals surface area contributed by atoms with Crippen LogP contribution in [-0.4, -0.2) is 24.2 Å². The van der Waals surface area contributed by atoms with Crippen LogP contribution in [0.1, 0.15) is 50.0 Å². The lowest BCUT2D eigenvalue weighted by Crippen LogP contribution is -2.34. The van der Waals surface area contributed by atoms with Gasteiger partial charge in [-0.25, -0.2) is 4.98 Å². The van der Waals surface area contributed by atoms with Gasteiger partial charge in [0.25, 0.3) is 0 Å². The van der Waals surface area contributed by atoms with E-state index >= 15 is 0 Å². The van der Waals surface area contributed by atoms with Crippen LogP contribution < -0.4 is 10.1 Å². The molecule has 98 valence electrons. The molecule has 1 N–H and O–H groups in total. The zero-order chi connectivity index (χ0) is 12.2. The van der Waals surface area contributed by atoms with Crippen LogP contribution in [0, 0.1) is 0 Å². The van der Waals surface area contributed by atoms with E-state index in [9.17, 15) is 0 Å². The van der Waals surface area contributed by atoms with E-state index in [1.165, 1.54) is 31.2 Å². The molecule has 0 amide bonds. The Morgan fingerprint density at radius 3 is 2.67 bits per heavy atom. The Balaban J connectivity index is 1.73. The number of hydrogen-bond donors (Lipinski definition) is 1. The van der Waals surface area contributed by atoms with Gasteiger partial charge in [-0.1, -0.05) is 18.9 Å². The van der Waals surface area contributed by atoms with Crippen molar-refractivity contribution in [1.29, 1.82) is 0 Å². The summed E-state index contributed by atoms with van der Waals surface area (Å²) < 4.78 is 6.15. The molecule has 0 bridgehead atoms. The van der Waals surface area contributed by atoms with E-state index in [1.807, 2.05) is 12.3 Å². The zero-order valence-electron chi connectivity index (χ0n) is 10.9. The van der Waals surface area contributed by atoms with E-state index in [0.29, 0.717) is 12.0 Å². The van der Waals surface area contributed by atoms with Gasteiger partial charge in [0.1, 0.15) is 6.10 Å². The molecule has 2 fully saturated rings. The molecule has 1 saturated carbocycles. The zero-order valence-corrected chi connectivity index (χ0v) is 10.9. The third kappa shape index (κ3) is 2.66. The molecule has 2 heterocycles. The Morgan fingerprint density at radius 2 is 1.89 bits per heavy atom. The molecule has 1 aromatic rings. The molecule has 0 aromatic carbocycles. The summed E-state index contributed by atoms with van der Waals surface area (Å²) >= 11 is 0. The van der Waals surface area contributed by atoms with Gasteiger partial charge in [0, 0.05) is 11.8 Å². The summed E-state index contributed by atoms with van der Waals surface area (Å²) in [5, 5.41) is 3.37. The number of piperidine rings is 1. The van der Waals surface area contributed by atoms with Crippen LogP contribution in [-0.2, 0) is 0 Å². The van der Waals surface area contributed by atoms with E-state index in [4.69, 9.17) is 4.74 Å². The molecule has 1 aliphatic heterocycles. The van der Waals surface area contributed by atoms with Gasteiger partial charge in [-0.15, -0.1) is 0 Å². The summed E-state index contributed by atoms with van der Waals surface area (Å²) in [6, 6.07) is 4.25. The van der Waals surface area contributed by atoms with Gasteiger partial charge in [-0.3, -0.25) is 0 Å². The fourth-order valence-electron chi connectivity index (χ4n) is 3.12. The molecule has 3 heteroatoms. The highest BCUT2D eigenvalue weighted by Crippen LogP contribution is 2.38. The Kier molecular flexibility index (Phi) is 3.79. The number of nitrogens with zero attached hydrogens (tertiary/aromatic N) is 1. The standard InChI is InChI=1S/C15H22N2O/c1-2-5-12(4-1)14-6-3-9-17-15(14)18-13-7-10-16-11-8-13/h3,6,9,12-13,16H,1-2,4-5,7-8,10-11H2. The third-order valence-electron chi connectivity index (χ3n) is 4.16. The maximum Gasteiger partial charge on any atom is 0.217 e. The monoisotopic (exact) mass is 246 g/mol. The SMILES string of the molecule is c1cnc(OC2CCNCC2)c(C2CCCC2)c1. The van der Waals surface area contributed by atoms with Crippen molar-refractivity contribution in [2.45, 2.75) is 50.5 Å². The van der Waals surface area contributed by atoms with E-state index in [-0.39, 0.29) is 0 Å². The van der Waals surface area contributed by atoms with Gasteiger partial charge in [0.2, 0.25) is 5.88 Å². The summed E-state index contributed by atoms with van der Waals surface area (Å²) in [6.45, 7) is 2.13. The Hall–Kier alpha value is -1.09. The maximum atomic E-state index is 6.15. The predicted molar refractivity (Wildman–Crippen MR) is 72.0 cm³/mol. The maximum absolute atomic E-state index is 6.15. The normalized spacial score (nSPS) is 22.2. The first-order valence-corrected chi connectivity index (χ1v) is 7.26. The van der Waals surface area contributed by atoms with Crippen molar-refractivity contribution < 1.29 is 4.74 Å². The Bertz CT molecular complexity index is 382. The van der Waals surface area contributed by atoms with Gasteiger partial charge in [-0.2, -0.15) is 0 Å². The van der Waals surface area contributed by atoms with Gasteiger partial charge in [-0.05, 0) is 50.8 Å². The van der Waals surface area contributed by atoms with Crippen molar-refractivity contribution in [3.8, 4) is 5.88 Å². The molecule has 18 heavy (non-hydrogen) atoms. The van der Waals surface area contributed by atoms with Crippen LogP contribution in [0.25, 0.3) is 0 Å². The third-order valence-corrected chi connectivity index (χ3v) is 4.16. The predicted octanol–water partition coefficient (Wildman–Crippen LogP) is 2.87. The Morgan fingerprint density at radius 1 is 1.11 bits per heavy atom. The van der Waals surface area contributed by atoms with E-state index in [1.54, 1.807) is 0 Å². The average Bonchev–Trinajstić information content (AvgIpc) is 2.94. The molecule has 3 nitrogen and oxygen atoms in total. The van der Waals surface area contributed by atoms with Crippen molar-refractivity contribution in [2.24, 2.45) is 0 Å². The fourth-order valence-corrected chi connectivity index (χ4v) is 3.12. The second-order valence-electron chi connectivity index (χ2n) is 5.45. The molecule has 1 aromatic heterocycles. The van der Waals surface area contributed by atoms with Gasteiger partial charge in [0.05, 0.1) is 0 Å². The number of aromatic nitrogens is 1. The average molecular weight is 246 g/mol. The molecule has 1 aliphatic carbocycles. The highest BCUT2D eigenvalue weighted by Gasteiger charge is 2.23. The van der Waals surface area contributed by atoms with Gasteiger partial charge < -0.3 is 10.1 Å². The minimum atomic E-state index is 0.348. The van der Waals surface area contributed by atoms with Crippen LogP contribution in [0.15, 0.2) is 18.3 Å². The molecule has 0 radical (unpaired) electrons. The molecule has 3 rings (SSSR count). The van der Waals surface area contributed by atoms with Crippen LogP contribution in [0.5, 0.6) is 5.88 Å². The molecule has 0 atom stereocenters. The number of pyridine rings is 1. The lowest BCUT2D eigenvalue weighted by molar-refractivity contribution is 0.153. The van der Waals surface area contributed by atoms with Crippen molar-refractivity contribution in [3.05, 3.63) is 23.9 Å².